The molecule has 1 rings (SSSR count). The van der Waals surface area contributed by atoms with Gasteiger partial charge >= 0.3 is 6.16 Å². The standard InChI is InChI=1S/C12H16O5/c1-12(2,3)17-10-8(15-4)6-5-7-9(10)16-11(13)14/h5-7H,1-4H3,(H,13,14). The Morgan fingerprint density at radius 1 is 1.24 bits per heavy atom. The number of hydrogen-bond acceptors (Lipinski definition) is 4. The first-order valence-electron chi connectivity index (χ1n) is 5.10. The zero-order valence-electron chi connectivity index (χ0n) is 10.3. The summed E-state index contributed by atoms with van der Waals surface area (Å²) < 4.78 is 15.4. The molecule has 0 atom stereocenters. The van der Waals surface area contributed by atoms with Crippen molar-refractivity contribution in [3.8, 4) is 17.2 Å². The van der Waals surface area contributed by atoms with Crippen LogP contribution in [0.2, 0.25) is 0 Å². The molecule has 0 aliphatic rings. The van der Waals surface area contributed by atoms with Gasteiger partial charge in [-0.3, -0.25) is 0 Å². The molecule has 0 heterocycles. The molecule has 0 amide bonds. The van der Waals surface area contributed by atoms with E-state index < -0.39 is 11.8 Å². The largest absolute Gasteiger partial charge is 0.511 e. The summed E-state index contributed by atoms with van der Waals surface area (Å²) in [6, 6.07) is 4.82. The Morgan fingerprint density at radius 2 is 1.82 bits per heavy atom. The number of hydrogen-bond donors (Lipinski definition) is 1. The number of rotatable bonds is 3. The molecule has 0 aliphatic carbocycles. The van der Waals surface area contributed by atoms with Crippen LogP contribution in [-0.2, 0) is 0 Å². The number of carbonyl (C=O) groups is 1. The lowest BCUT2D eigenvalue weighted by molar-refractivity contribution is 0.112. The highest BCUT2D eigenvalue weighted by Gasteiger charge is 2.20. The van der Waals surface area contributed by atoms with E-state index in [9.17, 15) is 4.79 Å². The fourth-order valence-corrected chi connectivity index (χ4v) is 1.24. The maximum atomic E-state index is 10.6. The number of carboxylic acid groups (broad SMARTS) is 1. The van der Waals surface area contributed by atoms with Crippen molar-refractivity contribution < 1.29 is 24.1 Å². The Hall–Kier alpha value is -1.91. The van der Waals surface area contributed by atoms with Crippen LogP contribution in [0.4, 0.5) is 4.79 Å². The predicted octanol–water partition coefficient (Wildman–Crippen LogP) is 2.93. The highest BCUT2D eigenvalue weighted by atomic mass is 16.7. The first-order valence-corrected chi connectivity index (χ1v) is 5.10. The lowest BCUT2D eigenvalue weighted by Gasteiger charge is -2.23. The first kappa shape index (κ1) is 13.2. The molecule has 1 N–H and O–H groups in total. The minimum atomic E-state index is -1.39. The summed E-state index contributed by atoms with van der Waals surface area (Å²) >= 11 is 0. The van der Waals surface area contributed by atoms with Crippen molar-refractivity contribution in [1.29, 1.82) is 0 Å². The second-order valence-electron chi connectivity index (χ2n) is 4.37. The minimum Gasteiger partial charge on any atom is -0.493 e. The van der Waals surface area contributed by atoms with Gasteiger partial charge < -0.3 is 19.3 Å². The summed E-state index contributed by atoms with van der Waals surface area (Å²) in [4.78, 5) is 10.6. The van der Waals surface area contributed by atoms with E-state index in [0.717, 1.165) is 0 Å². The Kier molecular flexibility index (Phi) is 3.83. The molecule has 0 saturated heterocycles. The molecule has 1 aromatic carbocycles. The molecule has 94 valence electrons. The molecular formula is C12H16O5. The normalized spacial score (nSPS) is 10.8. The number of methoxy groups -OCH3 is 1. The summed E-state index contributed by atoms with van der Waals surface area (Å²) in [7, 11) is 1.48. The summed E-state index contributed by atoms with van der Waals surface area (Å²) in [5.74, 6) is 0.829. The van der Waals surface area contributed by atoms with Gasteiger partial charge in [0.25, 0.3) is 0 Å². The molecule has 17 heavy (non-hydrogen) atoms. The second kappa shape index (κ2) is 4.95. The smallest absolute Gasteiger partial charge is 0.493 e. The lowest BCUT2D eigenvalue weighted by Crippen LogP contribution is -2.24. The predicted molar refractivity (Wildman–Crippen MR) is 62.0 cm³/mol. The van der Waals surface area contributed by atoms with E-state index in [-0.39, 0.29) is 11.5 Å². The molecule has 0 aliphatic heterocycles. The quantitative estimate of drug-likeness (QED) is 0.650. The summed E-state index contributed by atoms with van der Waals surface area (Å²) in [5.41, 5.74) is -0.481. The van der Waals surface area contributed by atoms with Crippen molar-refractivity contribution in [2.75, 3.05) is 7.11 Å². The Bertz CT molecular complexity index is 406. The molecule has 0 aromatic heterocycles. The molecular weight excluding hydrogens is 224 g/mol. The van der Waals surface area contributed by atoms with E-state index >= 15 is 0 Å². The van der Waals surface area contributed by atoms with Gasteiger partial charge in [-0.05, 0) is 32.9 Å². The topological polar surface area (TPSA) is 65.0 Å². The molecule has 0 saturated carbocycles. The molecule has 1 aromatic rings. The third-order valence-electron chi connectivity index (χ3n) is 1.77. The monoisotopic (exact) mass is 240 g/mol. The summed E-state index contributed by atoms with van der Waals surface area (Å²) in [6.07, 6.45) is -1.39. The van der Waals surface area contributed by atoms with Gasteiger partial charge in [-0.25, -0.2) is 4.79 Å². The van der Waals surface area contributed by atoms with Gasteiger partial charge in [-0.1, -0.05) is 6.07 Å². The molecule has 0 fully saturated rings. The van der Waals surface area contributed by atoms with Crippen molar-refractivity contribution in [1.82, 2.24) is 0 Å². The highest BCUT2D eigenvalue weighted by Crippen LogP contribution is 2.39. The van der Waals surface area contributed by atoms with Gasteiger partial charge in [-0.2, -0.15) is 0 Å². The second-order valence-corrected chi connectivity index (χ2v) is 4.37. The average Bonchev–Trinajstić information content (AvgIpc) is 2.17. The third kappa shape index (κ3) is 3.86. The fourth-order valence-electron chi connectivity index (χ4n) is 1.24. The Morgan fingerprint density at radius 3 is 2.29 bits per heavy atom. The zero-order chi connectivity index (χ0) is 13.1. The maximum absolute atomic E-state index is 10.6. The van der Waals surface area contributed by atoms with E-state index in [2.05, 4.69) is 4.74 Å². The van der Waals surface area contributed by atoms with E-state index in [1.165, 1.54) is 13.2 Å². The van der Waals surface area contributed by atoms with Gasteiger partial charge in [-0.15, -0.1) is 0 Å². The third-order valence-corrected chi connectivity index (χ3v) is 1.77. The van der Waals surface area contributed by atoms with Gasteiger partial charge in [0.2, 0.25) is 5.75 Å². The summed E-state index contributed by atoms with van der Waals surface area (Å²) in [5, 5.41) is 8.63. The molecule has 5 nitrogen and oxygen atoms in total. The van der Waals surface area contributed by atoms with Crippen LogP contribution in [-0.4, -0.2) is 24.0 Å². The molecule has 0 bridgehead atoms. The molecule has 0 spiro atoms. The van der Waals surface area contributed by atoms with Gasteiger partial charge in [0, 0.05) is 0 Å². The van der Waals surface area contributed by atoms with E-state index in [1.54, 1.807) is 12.1 Å². The van der Waals surface area contributed by atoms with E-state index in [0.29, 0.717) is 5.75 Å². The average molecular weight is 240 g/mol. The molecule has 0 radical (unpaired) electrons. The van der Waals surface area contributed by atoms with Crippen molar-refractivity contribution in [3.05, 3.63) is 18.2 Å². The lowest BCUT2D eigenvalue weighted by atomic mass is 10.2. The van der Waals surface area contributed by atoms with Crippen LogP contribution in [0.25, 0.3) is 0 Å². The van der Waals surface area contributed by atoms with Crippen LogP contribution < -0.4 is 14.2 Å². The van der Waals surface area contributed by atoms with Crippen molar-refractivity contribution >= 4 is 6.16 Å². The van der Waals surface area contributed by atoms with Crippen LogP contribution in [0.1, 0.15) is 20.8 Å². The van der Waals surface area contributed by atoms with Crippen molar-refractivity contribution in [2.45, 2.75) is 26.4 Å². The van der Waals surface area contributed by atoms with Gasteiger partial charge in [0.05, 0.1) is 7.11 Å². The van der Waals surface area contributed by atoms with Crippen molar-refractivity contribution in [2.24, 2.45) is 0 Å². The Labute approximate surface area is 99.9 Å². The highest BCUT2D eigenvalue weighted by molar-refractivity contribution is 5.64. The fraction of sp³-hybridized carbons (Fsp3) is 0.417. The van der Waals surface area contributed by atoms with E-state index in [4.69, 9.17) is 14.6 Å². The van der Waals surface area contributed by atoms with Crippen LogP contribution in [0, 0.1) is 0 Å². The van der Waals surface area contributed by atoms with Crippen LogP contribution in [0.3, 0.4) is 0 Å². The van der Waals surface area contributed by atoms with Crippen LogP contribution in [0.5, 0.6) is 17.2 Å². The molecule has 0 unspecified atom stereocenters. The van der Waals surface area contributed by atoms with Crippen LogP contribution >= 0.6 is 0 Å². The Balaban J connectivity index is 3.15. The first-order chi connectivity index (χ1) is 7.83. The van der Waals surface area contributed by atoms with Gasteiger partial charge in [0.1, 0.15) is 5.60 Å². The number of ether oxygens (including phenoxy) is 3. The van der Waals surface area contributed by atoms with E-state index in [1.807, 2.05) is 20.8 Å². The van der Waals surface area contributed by atoms with Crippen molar-refractivity contribution in [3.63, 3.8) is 0 Å². The molecule has 5 heteroatoms. The SMILES string of the molecule is COc1cccc(OC(=O)O)c1OC(C)(C)C. The summed E-state index contributed by atoms with van der Waals surface area (Å²) in [6.45, 7) is 5.55. The maximum Gasteiger partial charge on any atom is 0.511 e. The zero-order valence-corrected chi connectivity index (χ0v) is 10.3. The number of para-hydroxylation sites is 1. The van der Waals surface area contributed by atoms with Gasteiger partial charge in [0.15, 0.2) is 11.5 Å². The number of benzene rings is 1. The van der Waals surface area contributed by atoms with Crippen LogP contribution in [0.15, 0.2) is 18.2 Å². The minimum absolute atomic E-state index is 0.117.